The van der Waals surface area contributed by atoms with Gasteiger partial charge in [0.1, 0.15) is 5.75 Å². The normalized spacial score (nSPS) is 8.50. The summed E-state index contributed by atoms with van der Waals surface area (Å²) in [5.74, 6) is 0.271. The molecule has 0 aliphatic heterocycles. The van der Waals surface area contributed by atoms with E-state index in [9.17, 15) is 4.79 Å². The molecule has 0 aliphatic rings. The minimum atomic E-state index is -0.299. The molecule has 0 aliphatic carbocycles. The molecule has 60 valence electrons. The fraction of sp³-hybridized carbons (Fsp3) is 0.125. The van der Waals surface area contributed by atoms with Gasteiger partial charge in [-0.25, -0.2) is 0 Å². The molecule has 0 aromatic heterocycles. The van der Waals surface area contributed by atoms with Crippen molar-refractivity contribution >= 4 is 21.9 Å². The van der Waals surface area contributed by atoms with Crippen LogP contribution in [0.25, 0.3) is 0 Å². The first-order chi connectivity index (χ1) is 5.18. The fourth-order valence-electron chi connectivity index (χ4n) is 0.669. The number of benzene rings is 1. The molecule has 0 fully saturated rings. The van der Waals surface area contributed by atoms with E-state index >= 15 is 0 Å². The maximum Gasteiger partial charge on any atom is 1.00 e. The summed E-state index contributed by atoms with van der Waals surface area (Å²) in [6.07, 6.45) is 0. The smallest absolute Gasteiger partial charge is 1.00 e. The van der Waals surface area contributed by atoms with Crippen LogP contribution in [0.2, 0.25) is 0 Å². The summed E-state index contributed by atoms with van der Waals surface area (Å²) in [4.78, 5) is 10.5. The van der Waals surface area contributed by atoms with Crippen molar-refractivity contribution in [3.8, 4) is 5.75 Å². The van der Waals surface area contributed by atoms with Gasteiger partial charge in [0.15, 0.2) is 0 Å². The SMILES string of the molecule is CC(=O)Oc1ccc(Br)cc1.[H-].[Na+]. The Morgan fingerprint density at radius 3 is 2.33 bits per heavy atom. The summed E-state index contributed by atoms with van der Waals surface area (Å²) in [6, 6.07) is 7.09. The molecule has 0 spiro atoms. The predicted molar refractivity (Wildman–Crippen MR) is 46.6 cm³/mol. The molecule has 2 nitrogen and oxygen atoms in total. The molecule has 0 heterocycles. The van der Waals surface area contributed by atoms with E-state index in [0.29, 0.717) is 5.75 Å². The Kier molecular flexibility index (Phi) is 5.84. The van der Waals surface area contributed by atoms with Crippen LogP contribution in [0.4, 0.5) is 0 Å². The quantitative estimate of drug-likeness (QED) is 0.375. The molecular formula is C8H8BrNaO2. The third-order valence-electron chi connectivity index (χ3n) is 1.08. The largest absolute Gasteiger partial charge is 1.00 e. The fourth-order valence-corrected chi connectivity index (χ4v) is 0.933. The van der Waals surface area contributed by atoms with Gasteiger partial charge in [-0.15, -0.1) is 0 Å². The third-order valence-corrected chi connectivity index (χ3v) is 1.60. The molecule has 0 N–H and O–H groups in total. The molecule has 0 saturated heterocycles. The molecule has 1 aromatic carbocycles. The summed E-state index contributed by atoms with van der Waals surface area (Å²) in [6.45, 7) is 1.38. The van der Waals surface area contributed by atoms with E-state index in [2.05, 4.69) is 15.9 Å². The van der Waals surface area contributed by atoms with Crippen LogP contribution in [0.15, 0.2) is 28.7 Å². The second-order valence-corrected chi connectivity index (χ2v) is 2.96. The predicted octanol–water partition coefficient (Wildman–Crippen LogP) is -0.509. The van der Waals surface area contributed by atoms with Crippen LogP contribution in [0.1, 0.15) is 8.35 Å². The van der Waals surface area contributed by atoms with Crippen LogP contribution >= 0.6 is 15.9 Å². The Hall–Kier alpha value is 0.170. The Balaban J connectivity index is 0. The molecule has 12 heavy (non-hydrogen) atoms. The summed E-state index contributed by atoms with van der Waals surface area (Å²) in [5.41, 5.74) is 0. The zero-order valence-corrected chi connectivity index (χ0v) is 10.6. The first-order valence-electron chi connectivity index (χ1n) is 3.12. The average molecular weight is 239 g/mol. The van der Waals surface area contributed by atoms with Crippen molar-refractivity contribution in [3.05, 3.63) is 28.7 Å². The van der Waals surface area contributed by atoms with E-state index in [1.165, 1.54) is 6.92 Å². The number of halogens is 1. The standard InChI is InChI=1S/C8H7BrO2.Na.H/c1-6(10)11-8-4-2-7(9)3-5-8;;/h2-5H,1H3;;/q;+1;-1. The molecule has 1 aromatic rings. The van der Waals surface area contributed by atoms with Gasteiger partial charge in [0.25, 0.3) is 0 Å². The van der Waals surface area contributed by atoms with Gasteiger partial charge in [-0.2, -0.15) is 0 Å². The molecule has 0 amide bonds. The van der Waals surface area contributed by atoms with Crippen LogP contribution in [0.3, 0.4) is 0 Å². The second kappa shape index (κ2) is 5.75. The van der Waals surface area contributed by atoms with Gasteiger partial charge >= 0.3 is 35.5 Å². The molecule has 0 radical (unpaired) electrons. The van der Waals surface area contributed by atoms with E-state index in [-0.39, 0.29) is 37.0 Å². The van der Waals surface area contributed by atoms with Gasteiger partial charge in [0, 0.05) is 11.4 Å². The van der Waals surface area contributed by atoms with E-state index in [1.807, 2.05) is 12.1 Å². The zero-order chi connectivity index (χ0) is 8.27. The van der Waals surface area contributed by atoms with E-state index in [0.717, 1.165) is 4.47 Å². The van der Waals surface area contributed by atoms with Gasteiger partial charge in [-0.05, 0) is 24.3 Å². The average Bonchev–Trinajstić information content (AvgIpc) is 1.93. The van der Waals surface area contributed by atoms with Gasteiger partial charge in [-0.3, -0.25) is 4.79 Å². The van der Waals surface area contributed by atoms with Gasteiger partial charge in [-0.1, -0.05) is 15.9 Å². The Bertz CT molecular complexity index is 263. The van der Waals surface area contributed by atoms with Crippen molar-refractivity contribution in [1.82, 2.24) is 0 Å². The van der Waals surface area contributed by atoms with Crippen molar-refractivity contribution in [2.24, 2.45) is 0 Å². The first kappa shape index (κ1) is 12.2. The maximum absolute atomic E-state index is 10.5. The van der Waals surface area contributed by atoms with Crippen molar-refractivity contribution in [2.75, 3.05) is 0 Å². The summed E-state index contributed by atoms with van der Waals surface area (Å²) < 4.78 is 5.78. The molecule has 0 atom stereocenters. The van der Waals surface area contributed by atoms with Crippen LogP contribution < -0.4 is 34.3 Å². The second-order valence-electron chi connectivity index (χ2n) is 2.05. The number of hydrogen-bond donors (Lipinski definition) is 0. The van der Waals surface area contributed by atoms with Crippen molar-refractivity contribution in [3.63, 3.8) is 0 Å². The Morgan fingerprint density at radius 2 is 1.92 bits per heavy atom. The first-order valence-corrected chi connectivity index (χ1v) is 3.92. The number of hydrogen-bond acceptors (Lipinski definition) is 2. The number of ether oxygens (including phenoxy) is 1. The van der Waals surface area contributed by atoms with Crippen LogP contribution in [-0.4, -0.2) is 5.97 Å². The van der Waals surface area contributed by atoms with Gasteiger partial charge in [0.2, 0.25) is 0 Å². The van der Waals surface area contributed by atoms with Crippen molar-refractivity contribution < 1.29 is 40.5 Å². The Labute approximate surface area is 103 Å². The molecular weight excluding hydrogens is 231 g/mol. The summed E-state index contributed by atoms with van der Waals surface area (Å²) >= 11 is 3.27. The van der Waals surface area contributed by atoms with Crippen LogP contribution in [0, 0.1) is 0 Å². The van der Waals surface area contributed by atoms with Crippen LogP contribution in [0.5, 0.6) is 5.75 Å². The number of carbonyl (C=O) groups is 1. The number of rotatable bonds is 1. The summed E-state index contributed by atoms with van der Waals surface area (Å²) in [7, 11) is 0. The van der Waals surface area contributed by atoms with Crippen LogP contribution in [-0.2, 0) is 4.79 Å². The molecule has 0 saturated carbocycles. The minimum absolute atomic E-state index is 0. The Morgan fingerprint density at radius 1 is 1.42 bits per heavy atom. The minimum Gasteiger partial charge on any atom is -1.00 e. The van der Waals surface area contributed by atoms with Gasteiger partial charge in [0.05, 0.1) is 0 Å². The molecule has 4 heteroatoms. The van der Waals surface area contributed by atoms with Crippen molar-refractivity contribution in [1.29, 1.82) is 0 Å². The molecule has 1 rings (SSSR count). The molecule has 0 bridgehead atoms. The monoisotopic (exact) mass is 238 g/mol. The van der Waals surface area contributed by atoms with E-state index in [1.54, 1.807) is 12.1 Å². The van der Waals surface area contributed by atoms with E-state index in [4.69, 9.17) is 4.74 Å². The topological polar surface area (TPSA) is 26.3 Å². The number of carbonyl (C=O) groups excluding carboxylic acids is 1. The van der Waals surface area contributed by atoms with Crippen molar-refractivity contribution in [2.45, 2.75) is 6.92 Å². The summed E-state index contributed by atoms with van der Waals surface area (Å²) in [5, 5.41) is 0. The maximum atomic E-state index is 10.5. The number of esters is 1. The van der Waals surface area contributed by atoms with Gasteiger partial charge < -0.3 is 6.16 Å². The van der Waals surface area contributed by atoms with E-state index < -0.39 is 0 Å². The third kappa shape index (κ3) is 4.26. The zero-order valence-electron chi connectivity index (χ0n) is 8.00. The molecule has 0 unspecified atom stereocenters.